The van der Waals surface area contributed by atoms with Gasteiger partial charge in [-0.3, -0.25) is 4.79 Å². The molecule has 0 radical (unpaired) electrons. The summed E-state index contributed by atoms with van der Waals surface area (Å²) in [4.78, 5) is 40.3. The van der Waals surface area contributed by atoms with Crippen LogP contribution in [0, 0.1) is 0 Å². The number of allylic oxidation sites excluding steroid dienone is 2. The Kier molecular flexibility index (Phi) is 10.1. The summed E-state index contributed by atoms with van der Waals surface area (Å²) in [6.07, 6.45) is 5.20. The molecule has 1 aromatic carbocycles. The van der Waals surface area contributed by atoms with E-state index >= 15 is 0 Å². The highest BCUT2D eigenvalue weighted by molar-refractivity contribution is 6.00. The molecule has 7 nitrogen and oxygen atoms in total. The van der Waals surface area contributed by atoms with Crippen LogP contribution in [-0.4, -0.2) is 49.6 Å². The molecule has 2 rings (SSSR count). The molecule has 0 unspecified atom stereocenters. The number of nitrogens with zero attached hydrogens (tertiary/aromatic N) is 1. The zero-order valence-electron chi connectivity index (χ0n) is 21.1. The Hall–Kier alpha value is -3.35. The SMILES string of the molecule is CCCCN(C)C(=O)/C=C/c1ccccc1C1C(C(=O)OCC)=C(C)NC(C)=C1C(=O)OCC. The predicted molar refractivity (Wildman–Crippen MR) is 133 cm³/mol. The maximum Gasteiger partial charge on any atom is 0.336 e. The summed E-state index contributed by atoms with van der Waals surface area (Å²) in [5, 5.41) is 3.14. The summed E-state index contributed by atoms with van der Waals surface area (Å²) in [7, 11) is 1.77. The molecule has 7 heteroatoms. The summed E-state index contributed by atoms with van der Waals surface area (Å²) in [5.74, 6) is -1.81. The number of nitrogens with one attached hydrogen (secondary N) is 1. The molecule has 0 saturated carbocycles. The fourth-order valence-electron chi connectivity index (χ4n) is 3.98. The number of amides is 1. The number of ether oxygens (including phenoxy) is 2. The highest BCUT2D eigenvalue weighted by atomic mass is 16.5. The van der Waals surface area contributed by atoms with Crippen molar-refractivity contribution in [2.75, 3.05) is 26.8 Å². The molecule has 1 aliphatic heterocycles. The minimum absolute atomic E-state index is 0.108. The number of dihydropyridines is 1. The Morgan fingerprint density at radius 3 is 2.06 bits per heavy atom. The van der Waals surface area contributed by atoms with Crippen molar-refractivity contribution < 1.29 is 23.9 Å². The maximum absolute atomic E-state index is 13.0. The third kappa shape index (κ3) is 6.37. The van der Waals surface area contributed by atoms with Crippen molar-refractivity contribution in [3.8, 4) is 0 Å². The summed E-state index contributed by atoms with van der Waals surface area (Å²) < 4.78 is 10.7. The van der Waals surface area contributed by atoms with Gasteiger partial charge >= 0.3 is 11.9 Å². The van der Waals surface area contributed by atoms with E-state index < -0.39 is 17.9 Å². The highest BCUT2D eigenvalue weighted by Crippen LogP contribution is 2.40. The van der Waals surface area contributed by atoms with Crippen molar-refractivity contribution in [2.24, 2.45) is 0 Å². The number of hydrogen-bond donors (Lipinski definition) is 1. The summed E-state index contributed by atoms with van der Waals surface area (Å²) >= 11 is 0. The maximum atomic E-state index is 13.0. The van der Waals surface area contributed by atoms with Gasteiger partial charge in [0.15, 0.2) is 0 Å². The molecule has 1 aliphatic rings. The molecular weight excluding hydrogens is 432 g/mol. The van der Waals surface area contributed by atoms with E-state index in [0.29, 0.717) is 34.6 Å². The molecule has 0 aliphatic carbocycles. The van der Waals surface area contributed by atoms with Gasteiger partial charge in [0.25, 0.3) is 0 Å². The van der Waals surface area contributed by atoms with Crippen LogP contribution >= 0.6 is 0 Å². The third-order valence-electron chi connectivity index (χ3n) is 5.69. The first kappa shape index (κ1) is 26.9. The lowest BCUT2D eigenvalue weighted by atomic mass is 9.78. The van der Waals surface area contributed by atoms with Crippen molar-refractivity contribution in [2.45, 2.75) is 53.4 Å². The number of carbonyl (C=O) groups excluding carboxylic acids is 3. The zero-order chi connectivity index (χ0) is 25.3. The van der Waals surface area contributed by atoms with Gasteiger partial charge in [0.05, 0.1) is 30.3 Å². The molecular formula is C27H36N2O5. The Balaban J connectivity index is 2.60. The second-order valence-corrected chi connectivity index (χ2v) is 8.15. The van der Waals surface area contributed by atoms with Crippen LogP contribution in [0.2, 0.25) is 0 Å². The Morgan fingerprint density at radius 2 is 1.53 bits per heavy atom. The third-order valence-corrected chi connectivity index (χ3v) is 5.69. The number of hydrogen-bond acceptors (Lipinski definition) is 6. The van der Waals surface area contributed by atoms with Crippen LogP contribution in [0.25, 0.3) is 6.08 Å². The van der Waals surface area contributed by atoms with Gasteiger partial charge in [-0.05, 0) is 51.3 Å². The molecule has 1 amide bonds. The molecule has 0 atom stereocenters. The van der Waals surface area contributed by atoms with Gasteiger partial charge in [0.2, 0.25) is 5.91 Å². The quantitative estimate of drug-likeness (QED) is 0.407. The number of esters is 2. The van der Waals surface area contributed by atoms with Gasteiger partial charge < -0.3 is 19.7 Å². The summed E-state index contributed by atoms with van der Waals surface area (Å²) in [6, 6.07) is 7.43. The first-order valence-electron chi connectivity index (χ1n) is 11.8. The Labute approximate surface area is 202 Å². The van der Waals surface area contributed by atoms with Crippen molar-refractivity contribution in [3.05, 3.63) is 64.0 Å². The largest absolute Gasteiger partial charge is 0.463 e. The molecule has 34 heavy (non-hydrogen) atoms. The minimum Gasteiger partial charge on any atom is -0.463 e. The fraction of sp³-hybridized carbons (Fsp3) is 0.444. The number of rotatable bonds is 10. The van der Waals surface area contributed by atoms with Crippen LogP contribution in [0.1, 0.15) is 64.5 Å². The van der Waals surface area contributed by atoms with E-state index in [1.807, 2.05) is 24.3 Å². The molecule has 0 saturated heterocycles. The normalized spacial score (nSPS) is 14.3. The van der Waals surface area contributed by atoms with Crippen molar-refractivity contribution in [3.63, 3.8) is 0 Å². The highest BCUT2D eigenvalue weighted by Gasteiger charge is 2.38. The average molecular weight is 469 g/mol. The van der Waals surface area contributed by atoms with E-state index in [-0.39, 0.29) is 19.1 Å². The van der Waals surface area contributed by atoms with Crippen molar-refractivity contribution in [1.29, 1.82) is 0 Å². The zero-order valence-corrected chi connectivity index (χ0v) is 21.1. The monoisotopic (exact) mass is 468 g/mol. The standard InChI is InChI=1S/C27H36N2O5/c1-7-10-17-29(6)22(30)16-15-20-13-11-12-14-21(20)25-23(26(31)33-8-2)18(4)28-19(5)24(25)27(32)34-9-3/h11-16,25,28H,7-10,17H2,1-6H3/b16-15+. The second-order valence-electron chi connectivity index (χ2n) is 8.15. The lowest BCUT2D eigenvalue weighted by Gasteiger charge is -2.31. The van der Waals surface area contributed by atoms with E-state index in [9.17, 15) is 14.4 Å². The van der Waals surface area contributed by atoms with Crippen LogP contribution in [0.5, 0.6) is 0 Å². The second kappa shape index (κ2) is 12.8. The molecule has 1 aromatic rings. The first-order chi connectivity index (χ1) is 16.3. The van der Waals surface area contributed by atoms with E-state index in [4.69, 9.17) is 9.47 Å². The minimum atomic E-state index is -0.701. The van der Waals surface area contributed by atoms with Gasteiger partial charge in [0, 0.05) is 31.1 Å². The van der Waals surface area contributed by atoms with E-state index in [2.05, 4.69) is 12.2 Å². The Morgan fingerprint density at radius 1 is 0.971 bits per heavy atom. The number of benzene rings is 1. The molecule has 0 spiro atoms. The molecule has 184 valence electrons. The van der Waals surface area contributed by atoms with Gasteiger partial charge in [0.1, 0.15) is 0 Å². The van der Waals surface area contributed by atoms with Crippen LogP contribution in [0.3, 0.4) is 0 Å². The van der Waals surface area contributed by atoms with Crippen molar-refractivity contribution in [1.82, 2.24) is 10.2 Å². The molecule has 0 fully saturated rings. The van der Waals surface area contributed by atoms with Gasteiger partial charge in [-0.2, -0.15) is 0 Å². The number of carbonyl (C=O) groups is 3. The van der Waals surface area contributed by atoms with Gasteiger partial charge in [-0.25, -0.2) is 9.59 Å². The van der Waals surface area contributed by atoms with Crippen LogP contribution < -0.4 is 5.32 Å². The topological polar surface area (TPSA) is 84.9 Å². The average Bonchev–Trinajstić information content (AvgIpc) is 2.80. The molecule has 1 heterocycles. The molecule has 0 aromatic heterocycles. The van der Waals surface area contributed by atoms with Crippen LogP contribution in [0.15, 0.2) is 52.9 Å². The molecule has 0 bridgehead atoms. The fourth-order valence-corrected chi connectivity index (χ4v) is 3.98. The summed E-state index contributed by atoms with van der Waals surface area (Å²) in [5.41, 5.74) is 3.38. The smallest absolute Gasteiger partial charge is 0.336 e. The lowest BCUT2D eigenvalue weighted by molar-refractivity contribution is -0.139. The van der Waals surface area contributed by atoms with Crippen LogP contribution in [0.4, 0.5) is 0 Å². The van der Waals surface area contributed by atoms with Gasteiger partial charge in [-0.15, -0.1) is 0 Å². The number of likely N-dealkylation sites (N-methyl/N-ethyl adjacent to an activating group) is 1. The van der Waals surface area contributed by atoms with E-state index in [0.717, 1.165) is 18.4 Å². The Bertz CT molecular complexity index is 966. The van der Waals surface area contributed by atoms with Crippen molar-refractivity contribution >= 4 is 23.9 Å². The van der Waals surface area contributed by atoms with E-state index in [1.165, 1.54) is 6.08 Å². The predicted octanol–water partition coefficient (Wildman–Crippen LogP) is 4.32. The van der Waals surface area contributed by atoms with Crippen LogP contribution in [-0.2, 0) is 23.9 Å². The number of unbranched alkanes of at least 4 members (excludes halogenated alkanes) is 1. The summed E-state index contributed by atoms with van der Waals surface area (Å²) in [6.45, 7) is 10.2. The molecule has 1 N–H and O–H groups in total. The van der Waals surface area contributed by atoms with Gasteiger partial charge in [-0.1, -0.05) is 37.6 Å². The lowest BCUT2D eigenvalue weighted by Crippen LogP contribution is -2.32. The first-order valence-corrected chi connectivity index (χ1v) is 11.8. The van der Waals surface area contributed by atoms with E-state index in [1.54, 1.807) is 45.7 Å².